The first-order chi connectivity index (χ1) is 14.2. The fraction of sp³-hybridized carbons (Fsp3) is 0.667. The molecule has 0 aromatic heterocycles. The lowest BCUT2D eigenvalue weighted by Crippen LogP contribution is -2.44. The summed E-state index contributed by atoms with van der Waals surface area (Å²) in [6.45, 7) is 4.20. The monoisotopic (exact) mass is 393 g/mol. The number of benzene rings is 1. The predicted octanol–water partition coefficient (Wildman–Crippen LogP) is 2.62. The third-order valence-corrected chi connectivity index (χ3v) is 8.55. The third kappa shape index (κ3) is 2.84. The van der Waals surface area contributed by atoms with Crippen molar-refractivity contribution >= 4 is 17.5 Å². The Balaban J connectivity index is 1.08. The zero-order chi connectivity index (χ0) is 19.5. The lowest BCUT2D eigenvalue weighted by Gasteiger charge is -2.27. The van der Waals surface area contributed by atoms with E-state index in [4.69, 9.17) is 0 Å². The first-order valence-electron chi connectivity index (χ1n) is 11.6. The van der Waals surface area contributed by atoms with Crippen LogP contribution in [0.15, 0.2) is 30.3 Å². The molecule has 1 aromatic carbocycles. The van der Waals surface area contributed by atoms with Gasteiger partial charge in [-0.05, 0) is 67.9 Å². The zero-order valence-corrected chi connectivity index (χ0v) is 17.1. The fourth-order valence-corrected chi connectivity index (χ4v) is 7.20. The molecule has 0 radical (unpaired) electrons. The first kappa shape index (κ1) is 17.9. The van der Waals surface area contributed by atoms with E-state index < -0.39 is 0 Å². The van der Waals surface area contributed by atoms with E-state index in [0.717, 1.165) is 74.9 Å². The standard InChI is InChI=1S/C24H31N3O2/c28-23-19(9-12-27(23)18-5-2-1-3-6-18)25-10-4-11-26(14-13-25)24(29)22-20-16-7-8-17(15-16)21(20)22/h1-3,5-6,16-17,19-22H,4,7-15H2/t16-,17+,19?,20+,21-,22?. The van der Waals surface area contributed by atoms with Crippen molar-refractivity contribution in [1.82, 2.24) is 9.80 Å². The van der Waals surface area contributed by atoms with Gasteiger partial charge in [0, 0.05) is 44.3 Å². The van der Waals surface area contributed by atoms with Crippen molar-refractivity contribution in [2.24, 2.45) is 29.6 Å². The molecule has 2 bridgehead atoms. The van der Waals surface area contributed by atoms with Gasteiger partial charge in [-0.3, -0.25) is 14.5 Å². The van der Waals surface area contributed by atoms with Gasteiger partial charge in [-0.15, -0.1) is 0 Å². The van der Waals surface area contributed by atoms with Gasteiger partial charge in [-0.1, -0.05) is 18.2 Å². The highest BCUT2D eigenvalue weighted by molar-refractivity contribution is 5.99. The van der Waals surface area contributed by atoms with Gasteiger partial charge >= 0.3 is 0 Å². The molecule has 2 unspecified atom stereocenters. The van der Waals surface area contributed by atoms with Crippen molar-refractivity contribution in [2.45, 2.75) is 38.1 Å². The fourth-order valence-electron chi connectivity index (χ4n) is 7.20. The van der Waals surface area contributed by atoms with Crippen molar-refractivity contribution in [3.05, 3.63) is 30.3 Å². The lowest BCUT2D eigenvalue weighted by molar-refractivity contribution is -0.133. The van der Waals surface area contributed by atoms with Crippen molar-refractivity contribution in [1.29, 1.82) is 0 Å². The molecule has 5 aliphatic rings. The lowest BCUT2D eigenvalue weighted by atomic mass is 10.0. The van der Waals surface area contributed by atoms with Crippen LogP contribution in [0.3, 0.4) is 0 Å². The number of anilines is 1. The Hall–Kier alpha value is -1.88. The molecule has 6 rings (SSSR count). The van der Waals surface area contributed by atoms with Gasteiger partial charge in [0.2, 0.25) is 11.8 Å². The highest BCUT2D eigenvalue weighted by Crippen LogP contribution is 2.69. The van der Waals surface area contributed by atoms with Crippen molar-refractivity contribution < 1.29 is 9.59 Å². The summed E-state index contributed by atoms with van der Waals surface area (Å²) in [5.41, 5.74) is 1.00. The van der Waals surface area contributed by atoms with Crippen molar-refractivity contribution in [2.75, 3.05) is 37.6 Å². The second-order valence-corrected chi connectivity index (χ2v) is 9.86. The highest BCUT2D eigenvalue weighted by atomic mass is 16.2. The van der Waals surface area contributed by atoms with Crippen LogP contribution in [0.5, 0.6) is 0 Å². The third-order valence-electron chi connectivity index (χ3n) is 8.55. The van der Waals surface area contributed by atoms with Crippen LogP contribution in [0, 0.1) is 29.6 Å². The summed E-state index contributed by atoms with van der Waals surface area (Å²) in [5.74, 6) is 4.14. The number of amides is 2. The summed E-state index contributed by atoms with van der Waals surface area (Å²) in [4.78, 5) is 32.7. The molecule has 3 aliphatic carbocycles. The van der Waals surface area contributed by atoms with Gasteiger partial charge in [0.25, 0.3) is 0 Å². The Bertz CT molecular complexity index is 796. The summed E-state index contributed by atoms with van der Waals surface area (Å²) in [5, 5.41) is 0. The van der Waals surface area contributed by atoms with E-state index in [1.54, 1.807) is 0 Å². The molecule has 2 aliphatic heterocycles. The van der Waals surface area contributed by atoms with Crippen LogP contribution < -0.4 is 4.90 Å². The number of para-hydroxylation sites is 1. The predicted molar refractivity (Wildman–Crippen MR) is 111 cm³/mol. The van der Waals surface area contributed by atoms with Crippen LogP contribution in [-0.4, -0.2) is 60.4 Å². The van der Waals surface area contributed by atoms with Crippen LogP contribution in [-0.2, 0) is 9.59 Å². The Labute approximate surface area is 173 Å². The van der Waals surface area contributed by atoms with Crippen molar-refractivity contribution in [3.8, 4) is 0 Å². The molecule has 1 aromatic rings. The molecule has 2 heterocycles. The molecule has 29 heavy (non-hydrogen) atoms. The quantitative estimate of drug-likeness (QED) is 0.793. The largest absolute Gasteiger partial charge is 0.341 e. The molecule has 5 fully saturated rings. The van der Waals surface area contributed by atoms with E-state index in [9.17, 15) is 9.59 Å². The molecule has 2 amide bonds. The van der Waals surface area contributed by atoms with E-state index in [0.29, 0.717) is 11.8 Å². The molecule has 5 heteroatoms. The molecule has 6 atom stereocenters. The molecule has 0 N–H and O–H groups in total. The van der Waals surface area contributed by atoms with Gasteiger partial charge in [-0.2, -0.15) is 0 Å². The Morgan fingerprint density at radius 1 is 0.862 bits per heavy atom. The minimum absolute atomic E-state index is 0.0265. The molecule has 3 saturated carbocycles. The minimum atomic E-state index is -0.0265. The van der Waals surface area contributed by atoms with Crippen molar-refractivity contribution in [3.63, 3.8) is 0 Å². The summed E-state index contributed by atoms with van der Waals surface area (Å²) >= 11 is 0. The molecular weight excluding hydrogens is 362 g/mol. The average Bonchev–Trinajstić information content (AvgIpc) is 3.07. The molecule has 154 valence electrons. The normalized spacial score (nSPS) is 39.0. The molecular formula is C24H31N3O2. The second kappa shape index (κ2) is 6.83. The number of carbonyl (C=O) groups excluding carboxylic acids is 2. The number of carbonyl (C=O) groups is 2. The summed E-state index contributed by atoms with van der Waals surface area (Å²) < 4.78 is 0. The Kier molecular flexibility index (Phi) is 4.22. The van der Waals surface area contributed by atoms with E-state index in [1.807, 2.05) is 35.2 Å². The SMILES string of the molecule is O=C(C1[C@@H]2[C@H]3CC[C@H](C3)[C@H]12)N1CCCN(C2CCN(c3ccccc3)C2=O)CC1. The van der Waals surface area contributed by atoms with Crippen LogP contribution in [0.1, 0.15) is 32.1 Å². The molecule has 0 spiro atoms. The maximum atomic E-state index is 13.2. The number of hydrogen-bond donors (Lipinski definition) is 0. The summed E-state index contributed by atoms with van der Waals surface area (Å²) in [6.07, 6.45) is 6.00. The Morgan fingerprint density at radius 2 is 1.62 bits per heavy atom. The van der Waals surface area contributed by atoms with Gasteiger partial charge in [0.05, 0.1) is 6.04 Å². The maximum absolute atomic E-state index is 13.2. The van der Waals surface area contributed by atoms with E-state index in [-0.39, 0.29) is 11.9 Å². The number of rotatable bonds is 3. The smallest absolute Gasteiger partial charge is 0.244 e. The van der Waals surface area contributed by atoms with Gasteiger partial charge in [-0.25, -0.2) is 0 Å². The van der Waals surface area contributed by atoms with Gasteiger partial charge in [0.15, 0.2) is 0 Å². The average molecular weight is 394 g/mol. The number of fused-ring (bicyclic) bond motifs is 5. The highest BCUT2D eigenvalue weighted by Gasteiger charge is 2.67. The molecule has 5 nitrogen and oxygen atoms in total. The van der Waals surface area contributed by atoms with E-state index >= 15 is 0 Å². The van der Waals surface area contributed by atoms with Crippen LogP contribution in [0.2, 0.25) is 0 Å². The Morgan fingerprint density at radius 3 is 2.38 bits per heavy atom. The van der Waals surface area contributed by atoms with Crippen LogP contribution in [0.25, 0.3) is 0 Å². The van der Waals surface area contributed by atoms with Crippen LogP contribution in [0.4, 0.5) is 5.69 Å². The maximum Gasteiger partial charge on any atom is 0.244 e. The van der Waals surface area contributed by atoms with E-state index in [1.165, 1.54) is 19.3 Å². The van der Waals surface area contributed by atoms with Gasteiger partial charge in [0.1, 0.15) is 0 Å². The number of nitrogens with zero attached hydrogens (tertiary/aromatic N) is 3. The minimum Gasteiger partial charge on any atom is -0.341 e. The topological polar surface area (TPSA) is 43.9 Å². The summed E-state index contributed by atoms with van der Waals surface area (Å²) in [6, 6.07) is 9.98. The zero-order valence-electron chi connectivity index (χ0n) is 17.1. The second-order valence-electron chi connectivity index (χ2n) is 9.86. The van der Waals surface area contributed by atoms with E-state index in [2.05, 4.69) is 9.80 Å². The number of hydrogen-bond acceptors (Lipinski definition) is 3. The molecule has 2 saturated heterocycles. The van der Waals surface area contributed by atoms with Crippen LogP contribution >= 0.6 is 0 Å². The summed E-state index contributed by atoms with van der Waals surface area (Å²) in [7, 11) is 0. The first-order valence-corrected chi connectivity index (χ1v) is 11.6. The van der Waals surface area contributed by atoms with Gasteiger partial charge < -0.3 is 9.80 Å².